The molecule has 0 bridgehead atoms. The van der Waals surface area contributed by atoms with E-state index in [-0.39, 0.29) is 11.3 Å². The fourth-order valence-electron chi connectivity index (χ4n) is 5.05. The molecule has 3 heterocycles. The number of hydrogen-bond acceptors (Lipinski definition) is 3. The largest absolute Gasteiger partial charge is 0.387 e. The summed E-state index contributed by atoms with van der Waals surface area (Å²) < 4.78 is 1.78. The summed E-state index contributed by atoms with van der Waals surface area (Å²) in [5.41, 5.74) is 5.19. The maximum absolute atomic E-state index is 12.0. The molecule has 1 aromatic carbocycles. The summed E-state index contributed by atoms with van der Waals surface area (Å²) in [4.78, 5) is 17.3. The number of amides is 1. The van der Waals surface area contributed by atoms with Crippen molar-refractivity contribution in [2.24, 2.45) is 12.5 Å². The zero-order valence-corrected chi connectivity index (χ0v) is 17.6. The van der Waals surface area contributed by atoms with E-state index in [1.54, 1.807) is 9.58 Å². The second-order valence-electron chi connectivity index (χ2n) is 8.33. The molecule has 1 fully saturated rings. The number of aryl methyl sites for hydroxylation is 2. The number of fused-ring (bicyclic) bond motifs is 3. The smallest absolute Gasteiger partial charge is 0.248 e. The molecule has 2 N–H and O–H groups in total. The van der Waals surface area contributed by atoms with Crippen LogP contribution in [0.2, 0.25) is 10.0 Å². The number of carbonyl (C=O) groups excluding carboxylic acids is 1. The molecular weight excluding hydrogens is 411 g/mol. The highest BCUT2D eigenvalue weighted by atomic mass is 35.5. The van der Waals surface area contributed by atoms with Crippen molar-refractivity contribution < 1.29 is 9.90 Å². The number of aliphatic hydroxyl groups excluding tert-OH is 1. The van der Waals surface area contributed by atoms with Crippen LogP contribution in [0, 0.1) is 5.41 Å². The van der Waals surface area contributed by atoms with Gasteiger partial charge >= 0.3 is 0 Å². The number of carbonyl (C=O) groups is 1. The summed E-state index contributed by atoms with van der Waals surface area (Å²) in [6.45, 7) is 0.974. The lowest BCUT2D eigenvalue weighted by atomic mass is 9.72. The number of aromatic nitrogens is 3. The number of aliphatic hydroxyl groups is 1. The average molecular weight is 433 g/mol. The first-order chi connectivity index (χ1) is 13.9. The first-order valence-electron chi connectivity index (χ1n) is 9.81. The van der Waals surface area contributed by atoms with Crippen LogP contribution in [0.3, 0.4) is 0 Å². The molecule has 8 heteroatoms. The van der Waals surface area contributed by atoms with Gasteiger partial charge in [-0.1, -0.05) is 23.2 Å². The van der Waals surface area contributed by atoms with E-state index in [9.17, 15) is 9.90 Å². The van der Waals surface area contributed by atoms with E-state index in [0.29, 0.717) is 23.1 Å². The van der Waals surface area contributed by atoms with Crippen molar-refractivity contribution in [2.45, 2.75) is 25.7 Å². The van der Waals surface area contributed by atoms with Gasteiger partial charge in [-0.05, 0) is 48.8 Å². The molecule has 1 spiro atoms. The topological polar surface area (TPSA) is 74.2 Å². The average Bonchev–Trinajstić information content (AvgIpc) is 3.42. The number of aromatic amines is 1. The number of likely N-dealkylation sites (tertiary alicyclic amines) is 1. The fourth-order valence-corrected chi connectivity index (χ4v) is 5.45. The molecule has 2 aliphatic rings. The summed E-state index contributed by atoms with van der Waals surface area (Å²) in [5.74, 6) is -0.185. The van der Waals surface area contributed by atoms with E-state index in [1.165, 1.54) is 11.3 Å². The minimum atomic E-state index is -0.424. The summed E-state index contributed by atoms with van der Waals surface area (Å²) in [6, 6.07) is 3.88. The molecule has 1 aliphatic carbocycles. The van der Waals surface area contributed by atoms with Crippen molar-refractivity contribution in [1.82, 2.24) is 19.7 Å². The molecule has 1 amide bonds. The van der Waals surface area contributed by atoms with Crippen molar-refractivity contribution in [2.75, 3.05) is 19.7 Å². The number of nitrogens with zero attached hydrogens (tertiary/aromatic N) is 3. The van der Waals surface area contributed by atoms with Crippen molar-refractivity contribution >= 4 is 40.0 Å². The molecule has 5 rings (SSSR count). The first-order valence-corrected chi connectivity index (χ1v) is 10.6. The van der Waals surface area contributed by atoms with Gasteiger partial charge in [0, 0.05) is 43.0 Å². The van der Waals surface area contributed by atoms with Crippen LogP contribution in [-0.2, 0) is 24.7 Å². The number of hydrogen-bond donors (Lipinski definition) is 2. The highest BCUT2D eigenvalue weighted by molar-refractivity contribution is 6.45. The Kier molecular flexibility index (Phi) is 4.42. The zero-order chi connectivity index (χ0) is 20.3. The van der Waals surface area contributed by atoms with Crippen LogP contribution in [-0.4, -0.2) is 50.4 Å². The molecule has 29 heavy (non-hydrogen) atoms. The van der Waals surface area contributed by atoms with Crippen LogP contribution >= 0.6 is 23.2 Å². The molecule has 3 aromatic rings. The quantitative estimate of drug-likeness (QED) is 0.649. The van der Waals surface area contributed by atoms with E-state index in [1.807, 2.05) is 25.4 Å². The van der Waals surface area contributed by atoms with Gasteiger partial charge in [-0.25, -0.2) is 0 Å². The number of benzene rings is 1. The molecule has 152 valence electrons. The van der Waals surface area contributed by atoms with Gasteiger partial charge in [0.15, 0.2) is 0 Å². The number of halogens is 2. The predicted octanol–water partition coefficient (Wildman–Crippen LogP) is 3.57. The lowest BCUT2D eigenvalue weighted by Gasteiger charge is -2.33. The molecule has 2 aromatic heterocycles. The van der Waals surface area contributed by atoms with Gasteiger partial charge in [0.25, 0.3) is 0 Å². The predicted molar refractivity (Wildman–Crippen MR) is 113 cm³/mol. The third-order valence-electron chi connectivity index (χ3n) is 6.53. The van der Waals surface area contributed by atoms with E-state index in [2.05, 4.69) is 10.1 Å². The normalized spacial score (nSPS) is 21.3. The molecule has 1 aliphatic heterocycles. The van der Waals surface area contributed by atoms with Crippen LogP contribution in [0.4, 0.5) is 0 Å². The van der Waals surface area contributed by atoms with E-state index in [0.717, 1.165) is 47.8 Å². The van der Waals surface area contributed by atoms with Gasteiger partial charge in [-0.2, -0.15) is 5.10 Å². The Balaban J connectivity index is 1.64. The summed E-state index contributed by atoms with van der Waals surface area (Å²) in [7, 11) is 1.89. The third kappa shape index (κ3) is 2.97. The fraction of sp³-hybridized carbons (Fsp3) is 0.429. The Morgan fingerprint density at radius 2 is 2.21 bits per heavy atom. The van der Waals surface area contributed by atoms with Gasteiger partial charge < -0.3 is 15.0 Å². The van der Waals surface area contributed by atoms with Gasteiger partial charge in [-0.15, -0.1) is 0 Å². The first kappa shape index (κ1) is 19.0. The Hall–Kier alpha value is -2.02. The zero-order valence-electron chi connectivity index (χ0n) is 16.1. The summed E-state index contributed by atoms with van der Waals surface area (Å²) in [6.07, 6.45) is 5.65. The Bertz CT molecular complexity index is 1140. The minimum Gasteiger partial charge on any atom is -0.387 e. The molecule has 1 saturated heterocycles. The van der Waals surface area contributed by atoms with Crippen molar-refractivity contribution in [3.63, 3.8) is 0 Å². The number of rotatable bonds is 2. The number of nitrogens with one attached hydrogen (secondary N) is 1. The van der Waals surface area contributed by atoms with Gasteiger partial charge in [0.2, 0.25) is 5.91 Å². The maximum Gasteiger partial charge on any atom is 0.248 e. The second-order valence-corrected chi connectivity index (χ2v) is 9.11. The third-order valence-corrected chi connectivity index (χ3v) is 7.32. The van der Waals surface area contributed by atoms with Crippen molar-refractivity contribution in [1.29, 1.82) is 0 Å². The lowest BCUT2D eigenvalue weighted by molar-refractivity contribution is -0.133. The highest BCUT2D eigenvalue weighted by Crippen LogP contribution is 2.48. The van der Waals surface area contributed by atoms with Crippen molar-refractivity contribution in [3.8, 4) is 11.3 Å². The Morgan fingerprint density at radius 3 is 2.93 bits per heavy atom. The van der Waals surface area contributed by atoms with E-state index in [4.69, 9.17) is 23.2 Å². The lowest BCUT2D eigenvalue weighted by Crippen LogP contribution is -2.36. The molecule has 6 nitrogen and oxygen atoms in total. The number of H-pyrrole nitrogens is 1. The summed E-state index contributed by atoms with van der Waals surface area (Å²) in [5, 5.41) is 15.9. The summed E-state index contributed by atoms with van der Waals surface area (Å²) >= 11 is 13.0. The van der Waals surface area contributed by atoms with E-state index >= 15 is 0 Å². The monoisotopic (exact) mass is 432 g/mol. The highest BCUT2D eigenvalue weighted by Gasteiger charge is 2.43. The maximum atomic E-state index is 12.0. The molecule has 0 saturated carbocycles. The van der Waals surface area contributed by atoms with Crippen LogP contribution in [0.25, 0.3) is 22.2 Å². The van der Waals surface area contributed by atoms with Gasteiger partial charge in [0.1, 0.15) is 6.61 Å². The molecular formula is C21H22Cl2N4O2. The van der Waals surface area contributed by atoms with Crippen LogP contribution in [0.1, 0.15) is 24.1 Å². The minimum absolute atomic E-state index is 0.0421. The van der Waals surface area contributed by atoms with Gasteiger partial charge in [0.05, 0.1) is 21.3 Å². The standard InChI is InChI=1S/C21H22Cl2N4O2/c1-26-6-3-16(25-26)12-8-14(22)19(23)20-18(12)13-9-21(4-2-15(13)24-20)5-7-27(11-21)17(29)10-28/h3,6,8,24,28H,2,4-5,7,9-11H2,1H3. The van der Waals surface area contributed by atoms with Crippen molar-refractivity contribution in [3.05, 3.63) is 39.6 Å². The van der Waals surface area contributed by atoms with E-state index < -0.39 is 6.61 Å². The Labute approximate surface area is 178 Å². The van der Waals surface area contributed by atoms with Crippen LogP contribution < -0.4 is 0 Å². The molecule has 1 unspecified atom stereocenters. The SMILES string of the molecule is Cn1ccc(-c2cc(Cl)c(Cl)c3[nH]c4c(c23)CC2(CC4)CCN(C(=O)CO)C2)n1. The molecule has 0 radical (unpaired) electrons. The van der Waals surface area contributed by atoms with Crippen LogP contribution in [0.5, 0.6) is 0 Å². The Morgan fingerprint density at radius 1 is 1.38 bits per heavy atom. The van der Waals surface area contributed by atoms with Gasteiger partial charge in [-0.3, -0.25) is 9.48 Å². The second kappa shape index (κ2) is 6.76. The van der Waals surface area contributed by atoms with Crippen LogP contribution in [0.15, 0.2) is 18.3 Å². The molecule has 1 atom stereocenters.